The maximum Gasteiger partial charge on any atom is 4.00 e. The van der Waals surface area contributed by atoms with E-state index in [-0.39, 0.29) is 31.9 Å². The molecule has 1 aliphatic heterocycles. The van der Waals surface area contributed by atoms with Crippen LogP contribution in [-0.2, 0) is 31.9 Å². The number of ether oxygens (including phenoxy) is 1. The number of para-hydroxylation sites is 4. The summed E-state index contributed by atoms with van der Waals surface area (Å²) < 4.78 is 8.77. The van der Waals surface area contributed by atoms with E-state index in [1.54, 1.807) is 0 Å². The number of nitrogens with zero attached hydrogens (tertiary/aromatic N) is 3. The van der Waals surface area contributed by atoms with Crippen molar-refractivity contribution in [3.63, 3.8) is 0 Å². The number of benzene rings is 6. The van der Waals surface area contributed by atoms with Crippen LogP contribution in [0.2, 0.25) is 0 Å². The molecule has 7 aromatic rings. The first kappa shape index (κ1) is 33.7. The maximum atomic E-state index is 6.53. The second-order valence-corrected chi connectivity index (χ2v) is 14.8. The van der Waals surface area contributed by atoms with Crippen molar-refractivity contribution in [1.29, 1.82) is 0 Å². The molecule has 0 radical (unpaired) electrons. The van der Waals surface area contributed by atoms with E-state index in [9.17, 15) is 0 Å². The molecule has 0 aliphatic carbocycles. The summed E-state index contributed by atoms with van der Waals surface area (Å²) in [4.78, 5) is 4.47. The third-order valence-electron chi connectivity index (χ3n) is 9.29. The van der Waals surface area contributed by atoms with Crippen LogP contribution in [0.1, 0.15) is 52.7 Å². The third kappa shape index (κ3) is 6.01. The molecule has 0 N–H and O–H groups in total. The molecule has 0 bridgehead atoms. The predicted octanol–water partition coefficient (Wildman–Crippen LogP) is 12.0. The second kappa shape index (κ2) is 12.8. The monoisotopic (exact) mass is 832 g/mol. The van der Waals surface area contributed by atoms with Crippen LogP contribution in [-0.4, -0.2) is 4.57 Å². The molecule has 0 saturated heterocycles. The van der Waals surface area contributed by atoms with Gasteiger partial charge >= 0.3 is 21.1 Å². The molecular formula is C45H39N3OPt. The number of hydrogen-bond acceptors (Lipinski definition) is 3. The zero-order valence-electron chi connectivity index (χ0n) is 29.2. The first-order chi connectivity index (χ1) is 23.6. The Kier molecular flexibility index (Phi) is 8.65. The maximum absolute atomic E-state index is 6.53. The van der Waals surface area contributed by atoms with Gasteiger partial charge in [0.1, 0.15) is 0 Å². The van der Waals surface area contributed by atoms with Crippen molar-refractivity contribution in [3.05, 3.63) is 157 Å². The summed E-state index contributed by atoms with van der Waals surface area (Å²) in [5.74, 6) is 1.25. The fourth-order valence-electron chi connectivity index (χ4n) is 6.80. The minimum atomic E-state index is -0.0105. The van der Waals surface area contributed by atoms with Crippen LogP contribution in [0.4, 0.5) is 22.7 Å². The van der Waals surface area contributed by atoms with Gasteiger partial charge in [0, 0.05) is 34.1 Å². The van der Waals surface area contributed by atoms with Crippen molar-refractivity contribution < 1.29 is 25.8 Å². The molecule has 0 atom stereocenters. The summed E-state index contributed by atoms with van der Waals surface area (Å²) in [5.41, 5.74) is 9.87. The van der Waals surface area contributed by atoms with Crippen LogP contribution in [0, 0.1) is 24.9 Å². The molecule has 5 heteroatoms. The molecule has 8 rings (SSSR count). The molecule has 250 valence electrons. The SMILES string of the molecule is CC(C)(C)c1cc[c-]c(-n2c3[c-]c(Oc4[c-]c(N5[CH-]N(c6ccccc6C(C)(C)C)c6ccccc65)ccc4)ccc3c3ccccc32)c1.[Pt+4]. The van der Waals surface area contributed by atoms with Gasteiger partial charge < -0.3 is 19.1 Å². The van der Waals surface area contributed by atoms with Crippen molar-refractivity contribution in [2.24, 2.45) is 0 Å². The zero-order valence-corrected chi connectivity index (χ0v) is 31.5. The van der Waals surface area contributed by atoms with E-state index in [1.165, 1.54) is 22.2 Å². The van der Waals surface area contributed by atoms with Crippen LogP contribution in [0.3, 0.4) is 0 Å². The van der Waals surface area contributed by atoms with Crippen molar-refractivity contribution >= 4 is 44.6 Å². The largest absolute Gasteiger partial charge is 4.00 e. The van der Waals surface area contributed by atoms with Gasteiger partial charge in [0.05, 0.1) is 0 Å². The Morgan fingerprint density at radius 1 is 0.580 bits per heavy atom. The fourth-order valence-corrected chi connectivity index (χ4v) is 6.80. The Morgan fingerprint density at radius 2 is 1.26 bits per heavy atom. The summed E-state index contributed by atoms with van der Waals surface area (Å²) in [6.07, 6.45) is 0. The van der Waals surface area contributed by atoms with E-state index in [2.05, 4.69) is 178 Å². The minimum Gasteiger partial charge on any atom is -0.509 e. The molecule has 6 aromatic carbocycles. The van der Waals surface area contributed by atoms with Crippen LogP contribution in [0.5, 0.6) is 11.5 Å². The smallest absolute Gasteiger partial charge is 0.509 e. The van der Waals surface area contributed by atoms with Crippen LogP contribution >= 0.6 is 0 Å². The summed E-state index contributed by atoms with van der Waals surface area (Å²) in [5, 5.41) is 2.29. The van der Waals surface area contributed by atoms with Gasteiger partial charge in [-0.25, -0.2) is 0 Å². The Hall–Kier alpha value is -4.79. The van der Waals surface area contributed by atoms with Gasteiger partial charge in [0.2, 0.25) is 0 Å². The normalized spacial score (nSPS) is 13.1. The average Bonchev–Trinajstić information content (AvgIpc) is 3.64. The molecule has 0 amide bonds. The second-order valence-electron chi connectivity index (χ2n) is 14.8. The average molecular weight is 833 g/mol. The van der Waals surface area contributed by atoms with Crippen molar-refractivity contribution in [2.45, 2.75) is 52.4 Å². The molecule has 0 spiro atoms. The quantitative estimate of drug-likeness (QED) is 0.161. The number of rotatable bonds is 5. The number of fused-ring (bicyclic) bond motifs is 4. The van der Waals surface area contributed by atoms with E-state index in [4.69, 9.17) is 4.74 Å². The Labute approximate surface area is 310 Å². The molecular weight excluding hydrogens is 794 g/mol. The van der Waals surface area contributed by atoms with Crippen molar-refractivity contribution in [3.8, 4) is 17.2 Å². The first-order valence-electron chi connectivity index (χ1n) is 16.9. The summed E-state index contributed by atoms with van der Waals surface area (Å²) in [6, 6.07) is 52.9. The van der Waals surface area contributed by atoms with E-state index in [1.807, 2.05) is 24.3 Å². The topological polar surface area (TPSA) is 20.6 Å². The van der Waals surface area contributed by atoms with Crippen molar-refractivity contribution in [1.82, 2.24) is 4.57 Å². The number of anilines is 4. The molecule has 1 aliphatic rings. The Bertz CT molecular complexity index is 2340. The molecule has 0 unspecified atom stereocenters. The van der Waals surface area contributed by atoms with Gasteiger partial charge in [0.15, 0.2) is 0 Å². The summed E-state index contributed by atoms with van der Waals surface area (Å²) in [6.45, 7) is 15.6. The van der Waals surface area contributed by atoms with E-state index in [0.29, 0.717) is 11.5 Å². The minimum absolute atomic E-state index is 0. The molecule has 1 aromatic heterocycles. The predicted molar refractivity (Wildman–Crippen MR) is 203 cm³/mol. The van der Waals surface area contributed by atoms with Gasteiger partial charge in [-0.05, 0) is 46.0 Å². The molecule has 0 saturated carbocycles. The molecule has 0 fully saturated rings. The van der Waals surface area contributed by atoms with Crippen LogP contribution in [0.25, 0.3) is 27.5 Å². The summed E-state index contributed by atoms with van der Waals surface area (Å²) in [7, 11) is 0. The zero-order chi connectivity index (χ0) is 33.9. The number of hydrogen-bond donors (Lipinski definition) is 0. The standard InChI is InChI=1S/C45H39N3O.Pt/c1-44(2,3)31-15-13-17-33(27-31)48-39-21-9-7-19-36(39)37-26-25-35(29-43(37)48)49-34-18-14-16-32(28-34)46-30-47(42-24-12-11-23-41(42)46)40-22-10-8-20-38(40)45(4,5)6;/h7-16,18-27,30H,1-6H3;/q-4;+4. The molecule has 4 nitrogen and oxygen atoms in total. The fraction of sp³-hybridized carbons (Fsp3) is 0.178. The van der Waals surface area contributed by atoms with Crippen LogP contribution in [0.15, 0.2) is 121 Å². The van der Waals surface area contributed by atoms with E-state index in [0.717, 1.165) is 39.2 Å². The molecule has 50 heavy (non-hydrogen) atoms. The first-order valence-corrected chi connectivity index (χ1v) is 16.9. The van der Waals surface area contributed by atoms with Gasteiger partial charge in [-0.3, -0.25) is 0 Å². The van der Waals surface area contributed by atoms with Crippen LogP contribution < -0.4 is 14.5 Å². The third-order valence-corrected chi connectivity index (χ3v) is 9.29. The summed E-state index contributed by atoms with van der Waals surface area (Å²) >= 11 is 0. The van der Waals surface area contributed by atoms with Gasteiger partial charge in [0.25, 0.3) is 0 Å². The van der Waals surface area contributed by atoms with E-state index >= 15 is 0 Å². The molecule has 2 heterocycles. The van der Waals surface area contributed by atoms with Gasteiger partial charge in [-0.15, -0.1) is 54.1 Å². The van der Waals surface area contributed by atoms with Crippen molar-refractivity contribution in [2.75, 3.05) is 9.80 Å². The Balaban J connectivity index is 0.00000392. The van der Waals surface area contributed by atoms with E-state index < -0.39 is 0 Å². The number of aromatic nitrogens is 1. The van der Waals surface area contributed by atoms with Gasteiger partial charge in [-0.1, -0.05) is 101 Å². The Morgan fingerprint density at radius 3 is 2.02 bits per heavy atom. The van der Waals surface area contributed by atoms with Gasteiger partial charge in [-0.2, -0.15) is 35.9 Å².